The first kappa shape index (κ1) is 9.73. The fourth-order valence-electron chi connectivity index (χ4n) is 1.15. The Hall–Kier alpha value is -0.810. The summed E-state index contributed by atoms with van der Waals surface area (Å²) in [7, 11) is 0. The number of benzene rings is 1. The molecule has 0 aliphatic rings. The molecule has 1 heterocycles. The molecule has 0 unspecified atom stereocenters. The van der Waals surface area contributed by atoms with Gasteiger partial charge in [-0.3, -0.25) is 0 Å². The molecule has 0 fully saturated rings. The second kappa shape index (κ2) is 3.74. The van der Waals surface area contributed by atoms with E-state index in [0.717, 1.165) is 10.6 Å². The summed E-state index contributed by atoms with van der Waals surface area (Å²) in [5.74, 6) is -0.214. The summed E-state index contributed by atoms with van der Waals surface area (Å²) < 4.78 is 17.7. The summed E-state index contributed by atoms with van der Waals surface area (Å²) in [6, 6.07) is 4.95. The lowest BCUT2D eigenvalue weighted by Crippen LogP contribution is -1.86. The molecule has 0 aliphatic carbocycles. The lowest BCUT2D eigenvalue weighted by Gasteiger charge is -2.01. The largest absolute Gasteiger partial charge is 0.209 e. The number of nitrogens with zero attached hydrogens (tertiary/aromatic N) is 2. The minimum Gasteiger partial charge on any atom is -0.209 e. The van der Waals surface area contributed by atoms with Crippen LogP contribution in [-0.4, -0.2) is 9.36 Å². The predicted octanol–water partition coefficient (Wildman–Crippen LogP) is 3.42. The van der Waals surface area contributed by atoms with Crippen molar-refractivity contribution in [2.75, 3.05) is 0 Å². The number of rotatable bonds is 1. The van der Waals surface area contributed by atoms with Gasteiger partial charge < -0.3 is 0 Å². The molecule has 0 saturated heterocycles. The Morgan fingerprint density at radius 3 is 2.86 bits per heavy atom. The fraction of sp³-hybridized carbons (Fsp3) is 0.111. The minimum absolute atomic E-state index is 0.214. The number of hydrogen-bond acceptors (Lipinski definition) is 3. The number of halogens is 2. The van der Waals surface area contributed by atoms with Crippen LogP contribution in [0.4, 0.5) is 4.39 Å². The van der Waals surface area contributed by atoms with Crippen LogP contribution in [0.25, 0.3) is 10.6 Å². The Kier molecular flexibility index (Phi) is 2.60. The highest BCUT2D eigenvalue weighted by Gasteiger charge is 2.09. The van der Waals surface area contributed by atoms with E-state index in [9.17, 15) is 4.39 Å². The molecular formula is C9H6BrFN2S. The summed E-state index contributed by atoms with van der Waals surface area (Å²) in [4.78, 5) is 4.14. The van der Waals surface area contributed by atoms with Gasteiger partial charge in [0.1, 0.15) is 10.8 Å². The van der Waals surface area contributed by atoms with Crippen LogP contribution in [0.2, 0.25) is 0 Å². The van der Waals surface area contributed by atoms with E-state index in [0.29, 0.717) is 10.3 Å². The third kappa shape index (κ3) is 1.69. The van der Waals surface area contributed by atoms with Crippen LogP contribution in [0.5, 0.6) is 0 Å². The molecular weight excluding hydrogens is 267 g/mol. The summed E-state index contributed by atoms with van der Waals surface area (Å²) in [6.07, 6.45) is 0. The van der Waals surface area contributed by atoms with Gasteiger partial charge >= 0.3 is 0 Å². The van der Waals surface area contributed by atoms with Gasteiger partial charge in [-0.15, -0.1) is 0 Å². The van der Waals surface area contributed by atoms with Gasteiger partial charge in [-0.2, -0.15) is 4.37 Å². The molecule has 2 rings (SSSR count). The van der Waals surface area contributed by atoms with E-state index in [-0.39, 0.29) is 5.82 Å². The van der Waals surface area contributed by atoms with Crippen LogP contribution in [0.3, 0.4) is 0 Å². The second-order valence-electron chi connectivity index (χ2n) is 2.78. The highest BCUT2D eigenvalue weighted by Crippen LogP contribution is 2.27. The predicted molar refractivity (Wildman–Crippen MR) is 57.7 cm³/mol. The van der Waals surface area contributed by atoms with Crippen LogP contribution in [0.1, 0.15) is 5.56 Å². The average Bonchev–Trinajstić information content (AvgIpc) is 2.57. The van der Waals surface area contributed by atoms with Gasteiger partial charge in [0.15, 0.2) is 0 Å². The molecule has 0 N–H and O–H groups in total. The van der Waals surface area contributed by atoms with Crippen LogP contribution in [0.15, 0.2) is 22.9 Å². The lowest BCUT2D eigenvalue weighted by atomic mass is 10.1. The quantitative estimate of drug-likeness (QED) is 0.795. The molecule has 2 aromatic rings. The van der Waals surface area contributed by atoms with Gasteiger partial charge in [-0.25, -0.2) is 9.37 Å². The van der Waals surface area contributed by atoms with Gasteiger partial charge in [0.05, 0.1) is 0 Å². The zero-order chi connectivity index (χ0) is 10.1. The Bertz CT molecular complexity index is 470. The SMILES string of the molecule is Cc1c(F)cccc1-c1nc(Br)ns1. The number of aromatic nitrogens is 2. The van der Waals surface area contributed by atoms with Crippen molar-refractivity contribution >= 4 is 27.5 Å². The van der Waals surface area contributed by atoms with E-state index < -0.39 is 0 Å². The monoisotopic (exact) mass is 272 g/mol. The highest BCUT2D eigenvalue weighted by atomic mass is 79.9. The topological polar surface area (TPSA) is 25.8 Å². The normalized spacial score (nSPS) is 10.5. The zero-order valence-corrected chi connectivity index (χ0v) is 9.69. The molecule has 0 atom stereocenters. The molecule has 0 spiro atoms. The molecule has 0 saturated carbocycles. The summed E-state index contributed by atoms with van der Waals surface area (Å²) in [5, 5.41) is 0.730. The van der Waals surface area contributed by atoms with E-state index in [4.69, 9.17) is 0 Å². The molecule has 1 aromatic carbocycles. The maximum atomic E-state index is 13.2. The summed E-state index contributed by atoms with van der Waals surface area (Å²) >= 11 is 4.42. The molecule has 2 nitrogen and oxygen atoms in total. The zero-order valence-electron chi connectivity index (χ0n) is 7.29. The first-order valence-electron chi connectivity index (χ1n) is 3.93. The van der Waals surface area contributed by atoms with Gasteiger partial charge in [0, 0.05) is 5.56 Å². The van der Waals surface area contributed by atoms with Gasteiger partial charge in [-0.05, 0) is 46.0 Å². The van der Waals surface area contributed by atoms with E-state index >= 15 is 0 Å². The van der Waals surface area contributed by atoms with Crippen molar-refractivity contribution in [2.45, 2.75) is 6.92 Å². The maximum Gasteiger partial charge on any atom is 0.209 e. The molecule has 72 valence electrons. The molecule has 1 aromatic heterocycles. The molecule has 5 heteroatoms. The maximum absolute atomic E-state index is 13.2. The van der Waals surface area contributed by atoms with Crippen LogP contribution >= 0.6 is 27.5 Å². The average molecular weight is 273 g/mol. The van der Waals surface area contributed by atoms with Crippen molar-refractivity contribution in [3.05, 3.63) is 34.3 Å². The first-order valence-corrected chi connectivity index (χ1v) is 5.50. The molecule has 0 amide bonds. The lowest BCUT2D eigenvalue weighted by molar-refractivity contribution is 0.619. The standard InChI is InChI=1S/C9H6BrFN2S/c1-5-6(3-2-4-7(5)11)8-12-9(10)13-14-8/h2-4H,1H3. The van der Waals surface area contributed by atoms with Gasteiger partial charge in [0.2, 0.25) is 4.73 Å². The Morgan fingerprint density at radius 2 is 2.21 bits per heavy atom. The molecule has 0 bridgehead atoms. The third-order valence-electron chi connectivity index (χ3n) is 1.90. The Labute approximate surface area is 93.1 Å². The molecule has 0 aliphatic heterocycles. The Balaban J connectivity index is 2.57. The highest BCUT2D eigenvalue weighted by molar-refractivity contribution is 9.10. The van der Waals surface area contributed by atoms with Crippen LogP contribution < -0.4 is 0 Å². The van der Waals surface area contributed by atoms with Crippen molar-refractivity contribution < 1.29 is 4.39 Å². The minimum atomic E-state index is -0.214. The van der Waals surface area contributed by atoms with E-state index in [1.54, 1.807) is 13.0 Å². The summed E-state index contributed by atoms with van der Waals surface area (Å²) in [6.45, 7) is 1.74. The van der Waals surface area contributed by atoms with Gasteiger partial charge in [0.25, 0.3) is 0 Å². The van der Waals surface area contributed by atoms with Crippen molar-refractivity contribution in [1.29, 1.82) is 0 Å². The summed E-state index contributed by atoms with van der Waals surface area (Å²) in [5.41, 5.74) is 1.41. The van der Waals surface area contributed by atoms with Crippen molar-refractivity contribution in [3.63, 3.8) is 0 Å². The Morgan fingerprint density at radius 1 is 1.43 bits per heavy atom. The number of hydrogen-bond donors (Lipinski definition) is 0. The van der Waals surface area contributed by atoms with Crippen LogP contribution in [-0.2, 0) is 0 Å². The second-order valence-corrected chi connectivity index (χ2v) is 4.24. The van der Waals surface area contributed by atoms with Crippen molar-refractivity contribution in [2.24, 2.45) is 0 Å². The fourth-order valence-corrected chi connectivity index (χ4v) is 2.32. The van der Waals surface area contributed by atoms with Gasteiger partial charge in [-0.1, -0.05) is 12.1 Å². The smallest absolute Gasteiger partial charge is 0.209 e. The molecule has 14 heavy (non-hydrogen) atoms. The van der Waals surface area contributed by atoms with Crippen molar-refractivity contribution in [3.8, 4) is 10.6 Å². The van der Waals surface area contributed by atoms with Crippen LogP contribution in [0, 0.1) is 12.7 Å². The van der Waals surface area contributed by atoms with E-state index in [1.165, 1.54) is 17.6 Å². The first-order chi connectivity index (χ1) is 6.68. The van der Waals surface area contributed by atoms with E-state index in [1.807, 2.05) is 6.07 Å². The van der Waals surface area contributed by atoms with Crippen molar-refractivity contribution in [1.82, 2.24) is 9.36 Å². The van der Waals surface area contributed by atoms with E-state index in [2.05, 4.69) is 25.3 Å². The third-order valence-corrected chi connectivity index (χ3v) is 3.24. The molecule has 0 radical (unpaired) electrons.